The van der Waals surface area contributed by atoms with Crippen molar-refractivity contribution in [2.24, 2.45) is 0 Å². The molecule has 0 radical (unpaired) electrons. The van der Waals surface area contributed by atoms with Crippen LogP contribution >= 0.6 is 0 Å². The van der Waals surface area contributed by atoms with Crippen LogP contribution in [0.15, 0.2) is 28.7 Å². The highest BCUT2D eigenvalue weighted by atomic mass is 16.6. The lowest BCUT2D eigenvalue weighted by Crippen LogP contribution is -2.04. The first kappa shape index (κ1) is 13.2. The van der Waals surface area contributed by atoms with Crippen LogP contribution in [0.2, 0.25) is 0 Å². The molecule has 1 amide bonds. The number of rotatable bonds is 4. The zero-order chi connectivity index (χ0) is 15.0. The molecule has 0 saturated carbocycles. The van der Waals surface area contributed by atoms with E-state index in [-0.39, 0.29) is 18.0 Å². The molecule has 3 rings (SSSR count). The summed E-state index contributed by atoms with van der Waals surface area (Å²) in [7, 11) is 0. The van der Waals surface area contributed by atoms with Gasteiger partial charge in [0.1, 0.15) is 17.2 Å². The first-order valence-corrected chi connectivity index (χ1v) is 6.43. The van der Waals surface area contributed by atoms with E-state index in [0.717, 1.165) is 5.76 Å². The summed E-state index contributed by atoms with van der Waals surface area (Å²) < 4.78 is 5.41. The maximum absolute atomic E-state index is 11.4. The van der Waals surface area contributed by atoms with Gasteiger partial charge in [-0.15, -0.1) is 0 Å². The Morgan fingerprint density at radius 2 is 2.24 bits per heavy atom. The molecule has 0 atom stereocenters. The average Bonchev–Trinajstić information content (AvgIpc) is 2.99. The maximum Gasteiger partial charge on any atom is 0.292 e. The molecule has 0 spiro atoms. The van der Waals surface area contributed by atoms with Gasteiger partial charge in [-0.1, -0.05) is 0 Å². The number of hydrogen-bond acceptors (Lipinski definition) is 5. The van der Waals surface area contributed by atoms with Crippen molar-refractivity contribution in [2.45, 2.75) is 19.9 Å². The quantitative estimate of drug-likeness (QED) is 0.665. The van der Waals surface area contributed by atoms with Gasteiger partial charge < -0.3 is 15.1 Å². The predicted molar refractivity (Wildman–Crippen MR) is 76.2 cm³/mol. The molecule has 7 nitrogen and oxygen atoms in total. The zero-order valence-corrected chi connectivity index (χ0v) is 11.3. The van der Waals surface area contributed by atoms with Gasteiger partial charge in [0.15, 0.2) is 0 Å². The van der Waals surface area contributed by atoms with Crippen molar-refractivity contribution in [3.05, 3.63) is 51.5 Å². The van der Waals surface area contributed by atoms with Crippen LogP contribution in [-0.2, 0) is 17.8 Å². The molecule has 7 heteroatoms. The van der Waals surface area contributed by atoms with Crippen molar-refractivity contribution < 1.29 is 14.1 Å². The third-order valence-corrected chi connectivity index (χ3v) is 3.29. The molecular formula is C14H13N3O4. The Balaban J connectivity index is 1.88. The van der Waals surface area contributed by atoms with Crippen molar-refractivity contribution >= 4 is 23.0 Å². The number of nitrogens with one attached hydrogen (secondary N) is 2. The van der Waals surface area contributed by atoms with Crippen LogP contribution in [-0.4, -0.2) is 10.8 Å². The molecule has 0 aliphatic carbocycles. The van der Waals surface area contributed by atoms with Crippen molar-refractivity contribution in [3.8, 4) is 0 Å². The Kier molecular flexibility index (Phi) is 3.09. The number of carbonyl (C=O) groups excluding carboxylic acids is 1. The summed E-state index contributed by atoms with van der Waals surface area (Å²) in [6.45, 7) is 2.16. The minimum Gasteiger partial charge on any atom is -0.465 e. The molecular weight excluding hydrogens is 274 g/mol. The fraction of sp³-hybridized carbons (Fsp3) is 0.214. The van der Waals surface area contributed by atoms with Crippen molar-refractivity contribution in [3.63, 3.8) is 0 Å². The Labute approximate surface area is 120 Å². The van der Waals surface area contributed by atoms with Gasteiger partial charge >= 0.3 is 0 Å². The van der Waals surface area contributed by atoms with Gasteiger partial charge in [0.25, 0.3) is 5.69 Å². The maximum atomic E-state index is 11.4. The summed E-state index contributed by atoms with van der Waals surface area (Å²) in [6.07, 6.45) is 0.174. The molecule has 21 heavy (non-hydrogen) atoms. The van der Waals surface area contributed by atoms with Crippen molar-refractivity contribution in [1.29, 1.82) is 0 Å². The number of carbonyl (C=O) groups is 1. The standard InChI is InChI=1S/C14H13N3O4/c1-8-2-3-10(21-8)7-15-12-6-11-9(5-14(18)16-11)4-13(12)17(19)20/h2-4,6,15H,5,7H2,1H3,(H,16,18). The molecule has 0 unspecified atom stereocenters. The Morgan fingerprint density at radius 3 is 2.90 bits per heavy atom. The molecule has 2 aromatic rings. The number of aryl methyl sites for hydroxylation is 1. The monoisotopic (exact) mass is 287 g/mol. The normalized spacial score (nSPS) is 12.9. The molecule has 1 aromatic heterocycles. The number of benzene rings is 1. The fourth-order valence-corrected chi connectivity index (χ4v) is 2.32. The average molecular weight is 287 g/mol. The first-order chi connectivity index (χ1) is 10.0. The van der Waals surface area contributed by atoms with E-state index >= 15 is 0 Å². The number of anilines is 2. The molecule has 0 fully saturated rings. The SMILES string of the molecule is Cc1ccc(CNc2cc3c(cc2[N+](=O)[O-])CC(=O)N3)o1. The van der Waals surface area contributed by atoms with Gasteiger partial charge in [-0.2, -0.15) is 0 Å². The molecule has 2 N–H and O–H groups in total. The highest BCUT2D eigenvalue weighted by Crippen LogP contribution is 2.34. The van der Waals surface area contributed by atoms with E-state index in [9.17, 15) is 14.9 Å². The number of hydrogen-bond donors (Lipinski definition) is 2. The molecule has 0 bridgehead atoms. The third-order valence-electron chi connectivity index (χ3n) is 3.29. The van der Waals surface area contributed by atoms with Gasteiger partial charge in [-0.3, -0.25) is 14.9 Å². The van der Waals surface area contributed by atoms with Crippen LogP contribution in [0.1, 0.15) is 17.1 Å². The van der Waals surface area contributed by atoms with E-state index in [1.807, 2.05) is 19.1 Å². The molecule has 108 valence electrons. The van der Waals surface area contributed by atoms with Crippen LogP contribution in [0.4, 0.5) is 17.1 Å². The van der Waals surface area contributed by atoms with E-state index in [2.05, 4.69) is 10.6 Å². The fourth-order valence-electron chi connectivity index (χ4n) is 2.32. The number of fused-ring (bicyclic) bond motifs is 1. The number of nitro benzene ring substituents is 1. The molecule has 1 aliphatic heterocycles. The molecule has 1 aliphatic rings. The second kappa shape index (κ2) is 4.93. The first-order valence-electron chi connectivity index (χ1n) is 6.43. The second-order valence-electron chi connectivity index (χ2n) is 4.87. The van der Waals surface area contributed by atoms with Gasteiger partial charge in [0, 0.05) is 11.8 Å². The topological polar surface area (TPSA) is 97.4 Å². The minimum absolute atomic E-state index is 0.0477. The summed E-state index contributed by atoms with van der Waals surface area (Å²) in [5.41, 5.74) is 1.57. The minimum atomic E-state index is -0.460. The number of nitro groups is 1. The van der Waals surface area contributed by atoms with E-state index in [4.69, 9.17) is 4.42 Å². The predicted octanol–water partition coefficient (Wildman–Crippen LogP) is 2.60. The summed E-state index contributed by atoms with van der Waals surface area (Å²) in [5.74, 6) is 1.31. The highest BCUT2D eigenvalue weighted by Gasteiger charge is 2.24. The van der Waals surface area contributed by atoms with Crippen molar-refractivity contribution in [1.82, 2.24) is 0 Å². The molecule has 0 saturated heterocycles. The van der Waals surface area contributed by atoms with E-state index in [1.54, 1.807) is 6.07 Å². The summed E-state index contributed by atoms with van der Waals surface area (Å²) in [4.78, 5) is 22.1. The van der Waals surface area contributed by atoms with Crippen molar-refractivity contribution in [2.75, 3.05) is 10.6 Å². The van der Waals surface area contributed by atoms with E-state index < -0.39 is 4.92 Å². The van der Waals surface area contributed by atoms with E-state index in [0.29, 0.717) is 29.2 Å². The molecule has 2 heterocycles. The van der Waals surface area contributed by atoms with Gasteiger partial charge in [-0.25, -0.2) is 0 Å². The van der Waals surface area contributed by atoms with Gasteiger partial charge in [0.05, 0.1) is 17.9 Å². The zero-order valence-electron chi connectivity index (χ0n) is 11.3. The number of amides is 1. The number of nitrogens with zero attached hydrogens (tertiary/aromatic N) is 1. The van der Waals surface area contributed by atoms with Crippen LogP contribution < -0.4 is 10.6 Å². The largest absolute Gasteiger partial charge is 0.465 e. The number of furan rings is 1. The third kappa shape index (κ3) is 2.58. The van der Waals surface area contributed by atoms with Crippen LogP contribution in [0.25, 0.3) is 0 Å². The summed E-state index contributed by atoms with van der Waals surface area (Å²) >= 11 is 0. The highest BCUT2D eigenvalue weighted by molar-refractivity contribution is 6.00. The Hall–Kier alpha value is -2.83. The Morgan fingerprint density at radius 1 is 1.43 bits per heavy atom. The van der Waals surface area contributed by atoms with Gasteiger partial charge in [-0.05, 0) is 30.7 Å². The second-order valence-corrected chi connectivity index (χ2v) is 4.87. The van der Waals surface area contributed by atoms with Gasteiger partial charge in [0.2, 0.25) is 5.91 Å². The lowest BCUT2D eigenvalue weighted by atomic mass is 10.1. The lowest BCUT2D eigenvalue weighted by molar-refractivity contribution is -0.384. The lowest BCUT2D eigenvalue weighted by Gasteiger charge is -2.08. The van der Waals surface area contributed by atoms with Crippen LogP contribution in [0.3, 0.4) is 0 Å². The molecule has 1 aromatic carbocycles. The van der Waals surface area contributed by atoms with E-state index in [1.165, 1.54) is 6.07 Å². The summed E-state index contributed by atoms with van der Waals surface area (Å²) in [5, 5.41) is 16.8. The van der Waals surface area contributed by atoms with Crippen LogP contribution in [0.5, 0.6) is 0 Å². The Bertz CT molecular complexity index is 736. The smallest absolute Gasteiger partial charge is 0.292 e. The van der Waals surface area contributed by atoms with Crippen LogP contribution in [0, 0.1) is 17.0 Å². The summed E-state index contributed by atoms with van der Waals surface area (Å²) in [6, 6.07) is 6.66.